The van der Waals surface area contributed by atoms with Crippen molar-refractivity contribution in [2.24, 2.45) is 14.1 Å². The number of aryl methyl sites for hydroxylation is 1. The predicted molar refractivity (Wildman–Crippen MR) is 134 cm³/mol. The van der Waals surface area contributed by atoms with E-state index in [1.165, 1.54) is 28.9 Å². The maximum atomic E-state index is 13.3. The number of carbonyl (C=O) groups is 1. The molecule has 1 aliphatic rings. The fourth-order valence-corrected chi connectivity index (χ4v) is 5.45. The average molecular weight is 476 g/mol. The fraction of sp³-hybridized carbons (Fsp3) is 0.280. The van der Waals surface area contributed by atoms with E-state index in [9.17, 15) is 14.4 Å². The SMILES string of the molecule is C[C@@H]1Cc2ccccc2N1C(=O)CSc1nc2c(c(=O)n(C)c(=O)n2C)n1Cc1ccccc1. The Hall–Kier alpha value is -3.59. The summed E-state index contributed by atoms with van der Waals surface area (Å²) < 4.78 is 4.28. The van der Waals surface area contributed by atoms with Gasteiger partial charge in [-0.25, -0.2) is 9.78 Å². The van der Waals surface area contributed by atoms with Crippen molar-refractivity contribution in [3.05, 3.63) is 86.6 Å². The zero-order valence-electron chi connectivity index (χ0n) is 19.3. The molecule has 0 unspecified atom stereocenters. The first-order chi connectivity index (χ1) is 16.4. The standard InChI is InChI=1S/C25H25N5O3S/c1-16-13-18-11-7-8-12-19(18)30(16)20(31)15-34-24-26-22-21(23(32)28(3)25(33)27(22)2)29(24)14-17-9-5-4-6-10-17/h4-12,16H,13-15H2,1-3H3/t16-/m1/s1. The summed E-state index contributed by atoms with van der Waals surface area (Å²) in [6.45, 7) is 2.46. The van der Waals surface area contributed by atoms with Gasteiger partial charge in [-0.05, 0) is 30.5 Å². The molecule has 2 aromatic carbocycles. The van der Waals surface area contributed by atoms with Crippen LogP contribution in [-0.4, -0.2) is 36.4 Å². The second-order valence-electron chi connectivity index (χ2n) is 8.58. The minimum Gasteiger partial charge on any atom is -0.309 e. The molecule has 0 aliphatic carbocycles. The van der Waals surface area contributed by atoms with Gasteiger partial charge in [-0.3, -0.25) is 18.7 Å². The number of amides is 1. The summed E-state index contributed by atoms with van der Waals surface area (Å²) in [5.74, 6) is 0.160. The van der Waals surface area contributed by atoms with Crippen molar-refractivity contribution in [1.29, 1.82) is 0 Å². The van der Waals surface area contributed by atoms with Crippen molar-refractivity contribution >= 4 is 34.5 Å². The number of anilines is 1. The number of aromatic nitrogens is 4. The van der Waals surface area contributed by atoms with Gasteiger partial charge in [-0.2, -0.15) is 0 Å². The molecule has 1 aliphatic heterocycles. The molecular weight excluding hydrogens is 450 g/mol. The average Bonchev–Trinajstić information content (AvgIpc) is 3.37. The number of rotatable bonds is 5. The lowest BCUT2D eigenvalue weighted by Gasteiger charge is -2.22. The maximum Gasteiger partial charge on any atom is 0.332 e. The summed E-state index contributed by atoms with van der Waals surface area (Å²) in [6, 6.07) is 17.8. The molecule has 1 amide bonds. The van der Waals surface area contributed by atoms with Gasteiger partial charge in [0.25, 0.3) is 5.56 Å². The van der Waals surface area contributed by atoms with E-state index in [0.717, 1.165) is 22.2 Å². The zero-order chi connectivity index (χ0) is 24.0. The third-order valence-corrected chi connectivity index (χ3v) is 7.26. The van der Waals surface area contributed by atoms with E-state index >= 15 is 0 Å². The van der Waals surface area contributed by atoms with Gasteiger partial charge in [0.1, 0.15) is 0 Å². The van der Waals surface area contributed by atoms with Gasteiger partial charge in [-0.15, -0.1) is 0 Å². The second kappa shape index (κ2) is 8.64. The Kier molecular flexibility index (Phi) is 5.65. The quantitative estimate of drug-likeness (QED) is 0.415. The molecule has 0 bridgehead atoms. The van der Waals surface area contributed by atoms with Gasteiger partial charge < -0.3 is 9.47 Å². The smallest absolute Gasteiger partial charge is 0.309 e. The van der Waals surface area contributed by atoms with Crippen LogP contribution in [0, 0.1) is 0 Å². The van der Waals surface area contributed by atoms with Crippen LogP contribution in [0.15, 0.2) is 69.3 Å². The number of imidazole rings is 1. The molecule has 8 nitrogen and oxygen atoms in total. The first kappa shape index (κ1) is 22.2. The van der Waals surface area contributed by atoms with Gasteiger partial charge in [-0.1, -0.05) is 60.3 Å². The van der Waals surface area contributed by atoms with E-state index in [0.29, 0.717) is 22.9 Å². The Balaban J connectivity index is 1.53. The second-order valence-corrected chi connectivity index (χ2v) is 9.52. The molecule has 0 radical (unpaired) electrons. The number of nitrogens with zero attached hydrogens (tertiary/aromatic N) is 5. The molecule has 2 aromatic heterocycles. The Bertz CT molecular complexity index is 1520. The summed E-state index contributed by atoms with van der Waals surface area (Å²) in [7, 11) is 3.07. The Labute approximate surface area is 200 Å². The van der Waals surface area contributed by atoms with Crippen LogP contribution >= 0.6 is 11.8 Å². The zero-order valence-corrected chi connectivity index (χ0v) is 20.1. The van der Waals surface area contributed by atoms with E-state index in [4.69, 9.17) is 0 Å². The van der Waals surface area contributed by atoms with E-state index in [1.54, 1.807) is 7.05 Å². The van der Waals surface area contributed by atoms with Gasteiger partial charge in [0.2, 0.25) is 5.91 Å². The van der Waals surface area contributed by atoms with Crippen LogP contribution in [0.2, 0.25) is 0 Å². The highest BCUT2D eigenvalue weighted by atomic mass is 32.2. The number of carbonyl (C=O) groups excluding carboxylic acids is 1. The van der Waals surface area contributed by atoms with Crippen LogP contribution in [0.5, 0.6) is 0 Å². The monoisotopic (exact) mass is 475 g/mol. The molecule has 174 valence electrons. The minimum atomic E-state index is -0.433. The minimum absolute atomic E-state index is 0.0115. The summed E-state index contributed by atoms with van der Waals surface area (Å²) in [6.07, 6.45) is 0.831. The molecule has 3 heterocycles. The molecule has 0 spiro atoms. The van der Waals surface area contributed by atoms with Crippen LogP contribution in [0.3, 0.4) is 0 Å². The van der Waals surface area contributed by atoms with Crippen molar-refractivity contribution in [3.63, 3.8) is 0 Å². The van der Waals surface area contributed by atoms with Crippen molar-refractivity contribution in [2.45, 2.75) is 31.1 Å². The van der Waals surface area contributed by atoms with Crippen LogP contribution in [0.4, 0.5) is 5.69 Å². The third kappa shape index (κ3) is 3.66. The lowest BCUT2D eigenvalue weighted by atomic mass is 10.1. The number of hydrogen-bond acceptors (Lipinski definition) is 5. The highest BCUT2D eigenvalue weighted by molar-refractivity contribution is 7.99. The normalized spacial score (nSPS) is 15.1. The fourth-order valence-electron chi connectivity index (χ4n) is 4.59. The molecule has 0 saturated carbocycles. The van der Waals surface area contributed by atoms with E-state index < -0.39 is 11.2 Å². The van der Waals surface area contributed by atoms with Crippen LogP contribution < -0.4 is 16.1 Å². The summed E-state index contributed by atoms with van der Waals surface area (Å²) in [5, 5.41) is 0.533. The lowest BCUT2D eigenvalue weighted by molar-refractivity contribution is -0.116. The number of fused-ring (bicyclic) bond motifs is 2. The molecule has 5 rings (SSSR count). The molecule has 0 saturated heterocycles. The highest BCUT2D eigenvalue weighted by Gasteiger charge is 2.31. The number of benzene rings is 2. The van der Waals surface area contributed by atoms with Crippen molar-refractivity contribution in [2.75, 3.05) is 10.7 Å². The summed E-state index contributed by atoms with van der Waals surface area (Å²) in [5.41, 5.74) is 2.95. The molecule has 9 heteroatoms. The summed E-state index contributed by atoms with van der Waals surface area (Å²) in [4.78, 5) is 45.3. The number of para-hydroxylation sites is 1. The van der Waals surface area contributed by atoms with Gasteiger partial charge in [0.05, 0.1) is 12.3 Å². The van der Waals surface area contributed by atoms with Crippen LogP contribution in [0.25, 0.3) is 11.2 Å². The van der Waals surface area contributed by atoms with Gasteiger partial charge in [0, 0.05) is 25.8 Å². The first-order valence-electron chi connectivity index (χ1n) is 11.1. The molecule has 0 fully saturated rings. The topological polar surface area (TPSA) is 82.1 Å². The first-order valence-corrected chi connectivity index (χ1v) is 12.1. The van der Waals surface area contributed by atoms with E-state index in [2.05, 4.69) is 11.1 Å². The van der Waals surface area contributed by atoms with Crippen molar-refractivity contribution in [3.8, 4) is 0 Å². The maximum absolute atomic E-state index is 13.3. The Morgan fingerprint density at radius 2 is 1.74 bits per heavy atom. The summed E-state index contributed by atoms with van der Waals surface area (Å²) >= 11 is 1.29. The van der Waals surface area contributed by atoms with Gasteiger partial charge in [0.15, 0.2) is 16.3 Å². The molecule has 34 heavy (non-hydrogen) atoms. The third-order valence-electron chi connectivity index (χ3n) is 6.30. The highest BCUT2D eigenvalue weighted by Crippen LogP contribution is 2.33. The Morgan fingerprint density at radius 3 is 2.50 bits per heavy atom. The van der Waals surface area contributed by atoms with Gasteiger partial charge >= 0.3 is 5.69 Å². The largest absolute Gasteiger partial charge is 0.332 e. The molecule has 4 aromatic rings. The Morgan fingerprint density at radius 1 is 1.03 bits per heavy atom. The van der Waals surface area contributed by atoms with Crippen LogP contribution in [0.1, 0.15) is 18.1 Å². The molecule has 0 N–H and O–H groups in total. The predicted octanol–water partition coefficient (Wildman–Crippen LogP) is 2.55. The van der Waals surface area contributed by atoms with Crippen LogP contribution in [-0.2, 0) is 31.9 Å². The van der Waals surface area contributed by atoms with E-state index in [1.807, 2.05) is 64.9 Å². The van der Waals surface area contributed by atoms with Crippen molar-refractivity contribution in [1.82, 2.24) is 18.7 Å². The lowest BCUT2D eigenvalue weighted by Crippen LogP contribution is -2.37. The number of thioether (sulfide) groups is 1. The van der Waals surface area contributed by atoms with Crippen molar-refractivity contribution < 1.29 is 4.79 Å². The molecule has 1 atom stereocenters. The number of hydrogen-bond donors (Lipinski definition) is 0. The van der Waals surface area contributed by atoms with E-state index in [-0.39, 0.29) is 17.7 Å². The molecular formula is C25H25N5O3S.